The van der Waals surface area contributed by atoms with Crippen molar-refractivity contribution in [3.8, 4) is 0 Å². The van der Waals surface area contributed by atoms with Gasteiger partial charge in [-0.15, -0.1) is 22.7 Å². The number of aryl methyl sites for hydroxylation is 1. The number of imidazole rings is 1. The van der Waals surface area contributed by atoms with Crippen LogP contribution in [0.25, 0.3) is 4.96 Å². The average Bonchev–Trinajstić information content (AvgIpc) is 3.02. The van der Waals surface area contributed by atoms with Crippen LogP contribution < -0.4 is 10.5 Å². The largest absolute Gasteiger partial charge is 0.381 e. The summed E-state index contributed by atoms with van der Waals surface area (Å²) in [4.78, 5) is 8.78. The van der Waals surface area contributed by atoms with Gasteiger partial charge in [0, 0.05) is 22.7 Å². The Hall–Kier alpha value is -1.49. The first-order chi connectivity index (χ1) is 9.47. The van der Waals surface area contributed by atoms with Gasteiger partial charge in [0.15, 0.2) is 15.8 Å². The highest BCUT2D eigenvalue weighted by atomic mass is 32.2. The molecule has 0 amide bonds. The zero-order valence-corrected chi connectivity index (χ0v) is 12.8. The highest BCUT2D eigenvalue weighted by Crippen LogP contribution is 2.23. The molecular formula is C10H11N5O2S3. The molecule has 0 radical (unpaired) electrons. The van der Waals surface area contributed by atoms with E-state index in [1.54, 1.807) is 11.6 Å². The Morgan fingerprint density at radius 1 is 1.40 bits per heavy atom. The number of nitrogen functional groups attached to an aromatic ring is 1. The molecule has 0 aliphatic heterocycles. The SMILES string of the molecule is Cc1csc(CNS(=O)(=O)c2c(N)nc3sccn23)n1. The Kier molecular flexibility index (Phi) is 3.24. The van der Waals surface area contributed by atoms with Crippen molar-refractivity contribution < 1.29 is 8.42 Å². The number of fused-ring (bicyclic) bond motifs is 1. The van der Waals surface area contributed by atoms with Gasteiger partial charge in [-0.1, -0.05) is 0 Å². The summed E-state index contributed by atoms with van der Waals surface area (Å²) in [6, 6.07) is 0. The fourth-order valence-corrected chi connectivity index (χ4v) is 4.53. The Balaban J connectivity index is 1.91. The molecule has 0 aliphatic carbocycles. The van der Waals surface area contributed by atoms with E-state index in [4.69, 9.17) is 5.73 Å². The quantitative estimate of drug-likeness (QED) is 0.749. The fourth-order valence-electron chi connectivity index (χ4n) is 1.76. The summed E-state index contributed by atoms with van der Waals surface area (Å²) >= 11 is 2.73. The molecule has 0 aromatic carbocycles. The van der Waals surface area contributed by atoms with Crippen LogP contribution in [0.3, 0.4) is 0 Å². The molecule has 0 bridgehead atoms. The van der Waals surface area contributed by atoms with Crippen molar-refractivity contribution in [1.29, 1.82) is 0 Å². The van der Waals surface area contributed by atoms with E-state index in [2.05, 4.69) is 14.7 Å². The van der Waals surface area contributed by atoms with E-state index >= 15 is 0 Å². The number of rotatable bonds is 4. The molecule has 0 atom stereocenters. The molecule has 3 rings (SSSR count). The molecule has 0 spiro atoms. The molecule has 0 fully saturated rings. The molecule has 0 unspecified atom stereocenters. The van der Waals surface area contributed by atoms with Crippen molar-refractivity contribution >= 4 is 43.5 Å². The van der Waals surface area contributed by atoms with Gasteiger partial charge in [-0.25, -0.2) is 23.1 Å². The molecule has 7 nitrogen and oxygen atoms in total. The molecule has 3 aromatic heterocycles. The van der Waals surface area contributed by atoms with E-state index in [0.29, 0.717) is 9.97 Å². The van der Waals surface area contributed by atoms with Crippen LogP contribution in [0.1, 0.15) is 10.7 Å². The molecule has 3 heterocycles. The number of aromatic nitrogens is 3. The molecule has 10 heteroatoms. The summed E-state index contributed by atoms with van der Waals surface area (Å²) in [5.41, 5.74) is 6.57. The highest BCUT2D eigenvalue weighted by Gasteiger charge is 2.24. The van der Waals surface area contributed by atoms with Crippen LogP contribution in [0.5, 0.6) is 0 Å². The summed E-state index contributed by atoms with van der Waals surface area (Å²) in [6.07, 6.45) is 1.63. The topological polar surface area (TPSA) is 102 Å². The summed E-state index contributed by atoms with van der Waals surface area (Å²) in [7, 11) is -3.73. The number of nitrogens with zero attached hydrogens (tertiary/aromatic N) is 3. The van der Waals surface area contributed by atoms with E-state index in [1.807, 2.05) is 12.3 Å². The maximum absolute atomic E-state index is 12.3. The third-order valence-corrected chi connectivity index (χ3v) is 5.74. The first kappa shape index (κ1) is 13.5. The van der Waals surface area contributed by atoms with Gasteiger partial charge in [0.1, 0.15) is 5.01 Å². The van der Waals surface area contributed by atoms with Gasteiger partial charge >= 0.3 is 0 Å². The van der Waals surface area contributed by atoms with Crippen LogP contribution in [-0.2, 0) is 16.6 Å². The summed E-state index contributed by atoms with van der Waals surface area (Å²) in [5.74, 6) is -0.000306. The lowest BCUT2D eigenvalue weighted by Gasteiger charge is -2.04. The second-order valence-electron chi connectivity index (χ2n) is 4.06. The normalized spacial score (nSPS) is 12.2. The van der Waals surface area contributed by atoms with Gasteiger partial charge in [0.05, 0.1) is 6.54 Å². The van der Waals surface area contributed by atoms with Crippen molar-refractivity contribution in [2.45, 2.75) is 18.5 Å². The summed E-state index contributed by atoms with van der Waals surface area (Å²) in [5, 5.41) is 4.30. The molecule has 20 heavy (non-hydrogen) atoms. The van der Waals surface area contributed by atoms with E-state index < -0.39 is 10.0 Å². The highest BCUT2D eigenvalue weighted by molar-refractivity contribution is 7.89. The first-order valence-corrected chi connectivity index (χ1v) is 8.83. The smallest absolute Gasteiger partial charge is 0.260 e. The minimum atomic E-state index is -3.73. The molecule has 3 aromatic rings. The number of nitrogens with two attached hydrogens (primary N) is 1. The lowest BCUT2D eigenvalue weighted by atomic mass is 10.6. The number of nitrogens with one attached hydrogen (secondary N) is 1. The van der Waals surface area contributed by atoms with Gasteiger partial charge in [-0.05, 0) is 6.92 Å². The predicted molar refractivity (Wildman–Crippen MR) is 78.4 cm³/mol. The third kappa shape index (κ3) is 2.30. The van der Waals surface area contributed by atoms with Gasteiger partial charge < -0.3 is 5.73 Å². The van der Waals surface area contributed by atoms with Crippen molar-refractivity contribution in [2.24, 2.45) is 0 Å². The fraction of sp³-hybridized carbons (Fsp3) is 0.200. The standard InChI is InChI=1S/C10H11N5O2S3/c1-6-5-19-7(13-6)4-12-20(16,17)9-8(11)14-10-15(9)2-3-18-10/h2-3,5,12H,4,11H2,1H3. The van der Waals surface area contributed by atoms with Crippen LogP contribution in [0.2, 0.25) is 0 Å². The third-order valence-electron chi connectivity index (χ3n) is 2.58. The summed E-state index contributed by atoms with van der Waals surface area (Å²) < 4.78 is 28.6. The minimum absolute atomic E-state index is 0.000306. The van der Waals surface area contributed by atoms with Gasteiger partial charge in [0.2, 0.25) is 0 Å². The van der Waals surface area contributed by atoms with Crippen molar-refractivity contribution in [3.63, 3.8) is 0 Å². The zero-order valence-electron chi connectivity index (χ0n) is 10.4. The van der Waals surface area contributed by atoms with Crippen LogP contribution in [0.15, 0.2) is 22.0 Å². The number of sulfonamides is 1. The monoisotopic (exact) mass is 329 g/mol. The molecule has 3 N–H and O–H groups in total. The average molecular weight is 329 g/mol. The van der Waals surface area contributed by atoms with E-state index in [1.165, 1.54) is 27.1 Å². The maximum atomic E-state index is 12.3. The Morgan fingerprint density at radius 3 is 2.90 bits per heavy atom. The van der Waals surface area contributed by atoms with Crippen molar-refractivity contribution in [1.82, 2.24) is 19.1 Å². The number of thiazole rings is 2. The second-order valence-corrected chi connectivity index (χ2v) is 7.56. The van der Waals surface area contributed by atoms with E-state index in [-0.39, 0.29) is 17.4 Å². The summed E-state index contributed by atoms with van der Waals surface area (Å²) in [6.45, 7) is 2.00. The van der Waals surface area contributed by atoms with E-state index in [0.717, 1.165) is 5.69 Å². The lowest BCUT2D eigenvalue weighted by Crippen LogP contribution is -2.25. The van der Waals surface area contributed by atoms with Gasteiger partial charge in [-0.2, -0.15) is 0 Å². The molecule has 0 aliphatic rings. The van der Waals surface area contributed by atoms with Crippen LogP contribution in [-0.4, -0.2) is 22.8 Å². The van der Waals surface area contributed by atoms with Gasteiger partial charge in [0.25, 0.3) is 10.0 Å². The van der Waals surface area contributed by atoms with Crippen LogP contribution >= 0.6 is 22.7 Å². The van der Waals surface area contributed by atoms with Gasteiger partial charge in [-0.3, -0.25) is 4.40 Å². The maximum Gasteiger partial charge on any atom is 0.260 e. The molecule has 0 saturated carbocycles. The minimum Gasteiger partial charge on any atom is -0.381 e. The first-order valence-electron chi connectivity index (χ1n) is 5.59. The zero-order chi connectivity index (χ0) is 14.3. The van der Waals surface area contributed by atoms with Crippen LogP contribution in [0.4, 0.5) is 5.82 Å². The lowest BCUT2D eigenvalue weighted by molar-refractivity contribution is 0.577. The Labute approximate surface area is 123 Å². The predicted octanol–water partition coefficient (Wildman–Crippen LogP) is 1.22. The molecule has 0 saturated heterocycles. The molecular weight excluding hydrogens is 318 g/mol. The number of anilines is 1. The van der Waals surface area contributed by atoms with Crippen molar-refractivity contribution in [3.05, 3.63) is 27.7 Å². The second kappa shape index (κ2) is 4.81. The molecule has 106 valence electrons. The number of hydrogen-bond acceptors (Lipinski definition) is 7. The van der Waals surface area contributed by atoms with Crippen LogP contribution in [0, 0.1) is 6.92 Å². The number of hydrogen-bond donors (Lipinski definition) is 2. The Bertz CT molecular complexity index is 861. The van der Waals surface area contributed by atoms with Crippen molar-refractivity contribution in [2.75, 3.05) is 5.73 Å². The Morgan fingerprint density at radius 2 is 2.20 bits per heavy atom. The van der Waals surface area contributed by atoms with E-state index in [9.17, 15) is 8.42 Å².